The molecule has 1 aromatic carbocycles. The first-order valence-corrected chi connectivity index (χ1v) is 6.40. The van der Waals surface area contributed by atoms with E-state index in [1.54, 1.807) is 38.1 Å². The molecule has 0 radical (unpaired) electrons. The largest absolute Gasteiger partial charge is 0.466 e. The first-order valence-electron chi connectivity index (χ1n) is 6.40. The number of benzene rings is 1. The lowest BCUT2D eigenvalue weighted by molar-refractivity contribution is -0.145. The minimum absolute atomic E-state index is 0.0795. The number of esters is 1. The molecule has 0 aliphatic rings. The molecule has 0 aromatic heterocycles. The van der Waals surface area contributed by atoms with Crippen molar-refractivity contribution in [2.75, 3.05) is 17.2 Å². The molecule has 108 valence electrons. The van der Waals surface area contributed by atoms with Gasteiger partial charge in [-0.1, -0.05) is 6.92 Å². The van der Waals surface area contributed by atoms with Gasteiger partial charge in [-0.2, -0.15) is 0 Å². The minimum atomic E-state index is -0.558. The third-order valence-electron chi connectivity index (χ3n) is 2.38. The van der Waals surface area contributed by atoms with E-state index in [9.17, 15) is 14.4 Å². The van der Waals surface area contributed by atoms with E-state index in [1.807, 2.05) is 0 Å². The Kier molecular flexibility index (Phi) is 6.22. The van der Waals surface area contributed by atoms with Crippen LogP contribution in [0.4, 0.5) is 11.4 Å². The fourth-order valence-electron chi connectivity index (χ4n) is 1.43. The maximum absolute atomic E-state index is 11.5. The number of ether oxygens (including phenoxy) is 1. The molecule has 2 amide bonds. The summed E-state index contributed by atoms with van der Waals surface area (Å²) in [7, 11) is 0. The van der Waals surface area contributed by atoms with Crippen molar-refractivity contribution in [3.63, 3.8) is 0 Å². The van der Waals surface area contributed by atoms with Crippen LogP contribution in [0.3, 0.4) is 0 Å². The molecule has 0 unspecified atom stereocenters. The second-order valence-electron chi connectivity index (χ2n) is 4.01. The van der Waals surface area contributed by atoms with Gasteiger partial charge in [0, 0.05) is 17.8 Å². The van der Waals surface area contributed by atoms with Crippen molar-refractivity contribution < 1.29 is 19.1 Å². The Morgan fingerprint density at radius 2 is 1.45 bits per heavy atom. The molecule has 0 aliphatic heterocycles. The van der Waals surface area contributed by atoms with E-state index in [0.29, 0.717) is 17.8 Å². The van der Waals surface area contributed by atoms with Gasteiger partial charge in [0.25, 0.3) is 0 Å². The molecule has 1 aromatic rings. The van der Waals surface area contributed by atoms with E-state index in [-0.39, 0.29) is 18.9 Å². The third-order valence-corrected chi connectivity index (χ3v) is 2.38. The summed E-state index contributed by atoms with van der Waals surface area (Å²) in [5.41, 5.74) is 1.20. The number of hydrogen-bond acceptors (Lipinski definition) is 4. The third kappa shape index (κ3) is 5.51. The first-order chi connectivity index (χ1) is 9.55. The van der Waals surface area contributed by atoms with Gasteiger partial charge in [-0.15, -0.1) is 0 Å². The van der Waals surface area contributed by atoms with Gasteiger partial charge in [0.1, 0.15) is 6.42 Å². The van der Waals surface area contributed by atoms with Crippen molar-refractivity contribution >= 4 is 29.2 Å². The number of carbonyl (C=O) groups excluding carboxylic acids is 3. The molecule has 1 rings (SSSR count). The van der Waals surface area contributed by atoms with Crippen LogP contribution in [0.1, 0.15) is 26.7 Å². The standard InChI is InChI=1S/C14H18N2O4/c1-3-12(17)15-10-5-7-11(8-6-10)16-13(18)9-14(19)20-4-2/h5-8H,3-4,9H2,1-2H3,(H,15,17)(H,16,18). The molecule has 0 heterocycles. The molecule has 6 nitrogen and oxygen atoms in total. The molecule has 0 aliphatic carbocycles. The van der Waals surface area contributed by atoms with Crippen LogP contribution in [-0.2, 0) is 19.1 Å². The second kappa shape index (κ2) is 7.93. The van der Waals surface area contributed by atoms with Gasteiger partial charge in [-0.25, -0.2) is 0 Å². The lowest BCUT2D eigenvalue weighted by atomic mass is 10.2. The van der Waals surface area contributed by atoms with Gasteiger partial charge < -0.3 is 15.4 Å². The zero-order valence-corrected chi connectivity index (χ0v) is 11.6. The highest BCUT2D eigenvalue weighted by Gasteiger charge is 2.10. The van der Waals surface area contributed by atoms with Crippen LogP contribution in [0.25, 0.3) is 0 Å². The van der Waals surface area contributed by atoms with Crippen molar-refractivity contribution in [1.82, 2.24) is 0 Å². The van der Waals surface area contributed by atoms with Gasteiger partial charge >= 0.3 is 5.97 Å². The monoisotopic (exact) mass is 278 g/mol. The topological polar surface area (TPSA) is 84.5 Å². The molecule has 0 saturated heterocycles. The van der Waals surface area contributed by atoms with Crippen LogP contribution in [0.5, 0.6) is 0 Å². The van der Waals surface area contributed by atoms with E-state index in [0.717, 1.165) is 0 Å². The smallest absolute Gasteiger partial charge is 0.315 e. The average molecular weight is 278 g/mol. The Morgan fingerprint density at radius 1 is 0.950 bits per heavy atom. The van der Waals surface area contributed by atoms with Crippen LogP contribution < -0.4 is 10.6 Å². The maximum atomic E-state index is 11.5. The van der Waals surface area contributed by atoms with Crippen LogP contribution in [0.2, 0.25) is 0 Å². The summed E-state index contributed by atoms with van der Waals surface area (Å²) in [5, 5.41) is 5.27. The fourth-order valence-corrected chi connectivity index (χ4v) is 1.43. The molecule has 0 saturated carbocycles. The number of carbonyl (C=O) groups is 3. The predicted molar refractivity (Wildman–Crippen MR) is 75.2 cm³/mol. The summed E-state index contributed by atoms with van der Waals surface area (Å²) >= 11 is 0. The summed E-state index contributed by atoms with van der Waals surface area (Å²) in [6, 6.07) is 6.64. The Bertz CT molecular complexity index is 482. The maximum Gasteiger partial charge on any atom is 0.315 e. The van der Waals surface area contributed by atoms with Crippen molar-refractivity contribution in [1.29, 1.82) is 0 Å². The number of amides is 2. The van der Waals surface area contributed by atoms with E-state index in [1.165, 1.54) is 0 Å². The Balaban J connectivity index is 2.50. The second-order valence-corrected chi connectivity index (χ2v) is 4.01. The Labute approximate surface area is 117 Å². The fraction of sp³-hybridized carbons (Fsp3) is 0.357. The van der Waals surface area contributed by atoms with Crippen molar-refractivity contribution in [3.8, 4) is 0 Å². The van der Waals surface area contributed by atoms with Crippen molar-refractivity contribution in [2.45, 2.75) is 26.7 Å². The zero-order valence-electron chi connectivity index (χ0n) is 11.6. The van der Waals surface area contributed by atoms with Crippen molar-refractivity contribution in [3.05, 3.63) is 24.3 Å². The number of anilines is 2. The number of nitrogens with one attached hydrogen (secondary N) is 2. The normalized spacial score (nSPS) is 9.70. The highest BCUT2D eigenvalue weighted by Crippen LogP contribution is 2.14. The minimum Gasteiger partial charge on any atom is -0.466 e. The summed E-state index contributed by atoms with van der Waals surface area (Å²) in [4.78, 5) is 33.8. The molecule has 20 heavy (non-hydrogen) atoms. The number of rotatable bonds is 6. The molecule has 0 fully saturated rings. The summed E-state index contributed by atoms with van der Waals surface area (Å²) < 4.78 is 4.68. The van der Waals surface area contributed by atoms with Crippen LogP contribution in [-0.4, -0.2) is 24.4 Å². The molecule has 2 N–H and O–H groups in total. The quantitative estimate of drug-likeness (QED) is 0.615. The van der Waals surface area contributed by atoms with Gasteiger partial charge in [0.05, 0.1) is 6.61 Å². The van der Waals surface area contributed by atoms with Crippen LogP contribution in [0, 0.1) is 0 Å². The van der Waals surface area contributed by atoms with Crippen LogP contribution in [0.15, 0.2) is 24.3 Å². The molecular formula is C14H18N2O4. The van der Waals surface area contributed by atoms with E-state index in [4.69, 9.17) is 0 Å². The molecule has 0 atom stereocenters. The molecular weight excluding hydrogens is 260 g/mol. The lowest BCUT2D eigenvalue weighted by Crippen LogP contribution is -2.18. The highest BCUT2D eigenvalue weighted by molar-refractivity contribution is 6.02. The Morgan fingerprint density at radius 3 is 1.90 bits per heavy atom. The lowest BCUT2D eigenvalue weighted by Gasteiger charge is -2.07. The molecule has 0 spiro atoms. The summed E-state index contributed by atoms with van der Waals surface area (Å²) in [6.07, 6.45) is 0.0835. The molecule has 6 heteroatoms. The average Bonchev–Trinajstić information content (AvgIpc) is 2.41. The highest BCUT2D eigenvalue weighted by atomic mass is 16.5. The summed E-state index contributed by atoms with van der Waals surface area (Å²) in [6.45, 7) is 3.69. The van der Waals surface area contributed by atoms with Gasteiger partial charge in [0.2, 0.25) is 11.8 Å². The Hall–Kier alpha value is -2.37. The first kappa shape index (κ1) is 15.7. The van der Waals surface area contributed by atoms with Gasteiger partial charge in [0.15, 0.2) is 0 Å². The summed E-state index contributed by atoms with van der Waals surface area (Å²) in [5.74, 6) is -1.07. The SMILES string of the molecule is CCOC(=O)CC(=O)Nc1ccc(NC(=O)CC)cc1. The molecule has 0 bridgehead atoms. The van der Waals surface area contributed by atoms with Crippen molar-refractivity contribution in [2.24, 2.45) is 0 Å². The van der Waals surface area contributed by atoms with Gasteiger partial charge in [-0.05, 0) is 31.2 Å². The predicted octanol–water partition coefficient (Wildman–Crippen LogP) is 1.93. The van der Waals surface area contributed by atoms with Crippen LogP contribution >= 0.6 is 0 Å². The van der Waals surface area contributed by atoms with E-state index >= 15 is 0 Å². The van der Waals surface area contributed by atoms with E-state index in [2.05, 4.69) is 15.4 Å². The number of hydrogen-bond donors (Lipinski definition) is 2. The zero-order chi connectivity index (χ0) is 15.0. The van der Waals surface area contributed by atoms with E-state index < -0.39 is 11.9 Å². The van der Waals surface area contributed by atoms with Gasteiger partial charge in [-0.3, -0.25) is 14.4 Å².